The molecule has 72 valence electrons. The Kier molecular flexibility index (Phi) is 5.20. The lowest BCUT2D eigenvalue weighted by atomic mass is 10.2. The lowest BCUT2D eigenvalue weighted by Crippen LogP contribution is -2.53. The van der Waals surface area contributed by atoms with E-state index < -0.39 is 0 Å². The minimum absolute atomic E-state index is 0. The van der Waals surface area contributed by atoms with Crippen molar-refractivity contribution in [3.8, 4) is 0 Å². The SMILES string of the molecule is COC(=O)C1CN(C)CCN1.Cl. The van der Waals surface area contributed by atoms with Crippen LogP contribution in [0.4, 0.5) is 0 Å². The number of nitrogens with zero attached hydrogens (tertiary/aromatic N) is 1. The fourth-order valence-corrected chi connectivity index (χ4v) is 1.20. The molecule has 0 spiro atoms. The normalized spacial score (nSPS) is 24.3. The number of ether oxygens (including phenoxy) is 1. The van der Waals surface area contributed by atoms with E-state index in [9.17, 15) is 4.79 Å². The van der Waals surface area contributed by atoms with Gasteiger partial charge in [0.05, 0.1) is 7.11 Å². The number of hydrogen-bond acceptors (Lipinski definition) is 4. The number of hydrogen-bond donors (Lipinski definition) is 1. The maximum absolute atomic E-state index is 11.0. The van der Waals surface area contributed by atoms with Crippen LogP contribution in [0.1, 0.15) is 0 Å². The second kappa shape index (κ2) is 5.35. The Hall–Kier alpha value is -0.320. The monoisotopic (exact) mass is 194 g/mol. The van der Waals surface area contributed by atoms with Crippen molar-refractivity contribution in [1.82, 2.24) is 10.2 Å². The molecule has 0 aromatic heterocycles. The molecule has 1 atom stereocenters. The van der Waals surface area contributed by atoms with Gasteiger partial charge in [0, 0.05) is 19.6 Å². The standard InChI is InChI=1S/C7H14N2O2.ClH/c1-9-4-3-8-6(5-9)7(10)11-2;/h6,8H,3-5H2,1-2H3;1H. The summed E-state index contributed by atoms with van der Waals surface area (Å²) in [6, 6.07) is -0.140. The lowest BCUT2D eigenvalue weighted by molar-refractivity contribution is -0.144. The molecule has 0 saturated carbocycles. The molecule has 1 saturated heterocycles. The summed E-state index contributed by atoms with van der Waals surface area (Å²) < 4.78 is 4.61. The van der Waals surface area contributed by atoms with Crippen molar-refractivity contribution < 1.29 is 9.53 Å². The molecule has 1 aliphatic heterocycles. The first-order valence-corrected chi connectivity index (χ1v) is 3.74. The van der Waals surface area contributed by atoms with Crippen LogP contribution in [0.2, 0.25) is 0 Å². The Bertz CT molecular complexity index is 154. The molecular weight excluding hydrogens is 180 g/mol. The minimum atomic E-state index is -0.170. The van der Waals surface area contributed by atoms with Crippen LogP contribution in [0.3, 0.4) is 0 Å². The van der Waals surface area contributed by atoms with Crippen LogP contribution in [0, 0.1) is 0 Å². The van der Waals surface area contributed by atoms with E-state index in [4.69, 9.17) is 0 Å². The van der Waals surface area contributed by atoms with E-state index >= 15 is 0 Å². The van der Waals surface area contributed by atoms with Crippen molar-refractivity contribution in [2.45, 2.75) is 6.04 Å². The Labute approximate surface area is 78.7 Å². The number of methoxy groups -OCH3 is 1. The van der Waals surface area contributed by atoms with E-state index in [1.165, 1.54) is 7.11 Å². The molecule has 0 radical (unpaired) electrons. The second-order valence-electron chi connectivity index (χ2n) is 2.79. The minimum Gasteiger partial charge on any atom is -0.468 e. The summed E-state index contributed by atoms with van der Waals surface area (Å²) in [5.74, 6) is -0.170. The van der Waals surface area contributed by atoms with E-state index in [1.54, 1.807) is 0 Å². The van der Waals surface area contributed by atoms with Crippen LogP contribution in [0.5, 0.6) is 0 Å². The number of esters is 1. The van der Waals surface area contributed by atoms with Crippen LogP contribution >= 0.6 is 12.4 Å². The van der Waals surface area contributed by atoms with Gasteiger partial charge in [-0.05, 0) is 7.05 Å². The summed E-state index contributed by atoms with van der Waals surface area (Å²) in [5, 5.41) is 3.08. The highest BCUT2D eigenvalue weighted by Gasteiger charge is 2.23. The lowest BCUT2D eigenvalue weighted by Gasteiger charge is -2.28. The molecular formula is C7H15ClN2O2. The van der Waals surface area contributed by atoms with E-state index in [1.807, 2.05) is 7.05 Å². The summed E-state index contributed by atoms with van der Waals surface area (Å²) in [7, 11) is 3.41. The molecule has 0 aromatic carbocycles. The van der Waals surface area contributed by atoms with E-state index in [2.05, 4.69) is 15.0 Å². The van der Waals surface area contributed by atoms with Crippen molar-refractivity contribution >= 4 is 18.4 Å². The number of piperazine rings is 1. The van der Waals surface area contributed by atoms with Crippen molar-refractivity contribution in [3.63, 3.8) is 0 Å². The molecule has 0 aliphatic carbocycles. The van der Waals surface area contributed by atoms with Gasteiger partial charge < -0.3 is 15.0 Å². The average molecular weight is 195 g/mol. The molecule has 12 heavy (non-hydrogen) atoms. The summed E-state index contributed by atoms with van der Waals surface area (Å²) in [6.07, 6.45) is 0. The predicted molar refractivity (Wildman–Crippen MR) is 48.6 cm³/mol. The summed E-state index contributed by atoms with van der Waals surface area (Å²) in [4.78, 5) is 13.1. The summed E-state index contributed by atoms with van der Waals surface area (Å²) in [6.45, 7) is 2.59. The van der Waals surface area contributed by atoms with Crippen LogP contribution in [-0.2, 0) is 9.53 Å². The fourth-order valence-electron chi connectivity index (χ4n) is 1.20. The highest BCUT2D eigenvalue weighted by atomic mass is 35.5. The van der Waals surface area contributed by atoms with Crippen LogP contribution in [0.15, 0.2) is 0 Å². The van der Waals surface area contributed by atoms with Gasteiger partial charge in [0.1, 0.15) is 6.04 Å². The molecule has 1 fully saturated rings. The molecule has 5 heteroatoms. The topological polar surface area (TPSA) is 41.6 Å². The quantitative estimate of drug-likeness (QED) is 0.571. The van der Waals surface area contributed by atoms with E-state index in [0.29, 0.717) is 0 Å². The number of nitrogens with one attached hydrogen (secondary N) is 1. The van der Waals surface area contributed by atoms with E-state index in [-0.39, 0.29) is 24.4 Å². The zero-order valence-corrected chi connectivity index (χ0v) is 8.19. The van der Waals surface area contributed by atoms with Gasteiger partial charge in [-0.25, -0.2) is 0 Å². The predicted octanol–water partition coefficient (Wildman–Crippen LogP) is -0.515. The van der Waals surface area contributed by atoms with E-state index in [0.717, 1.165) is 19.6 Å². The van der Waals surface area contributed by atoms with Gasteiger partial charge in [0.25, 0.3) is 0 Å². The van der Waals surface area contributed by atoms with Gasteiger partial charge in [0.2, 0.25) is 0 Å². The summed E-state index contributed by atoms with van der Waals surface area (Å²) in [5.41, 5.74) is 0. The third kappa shape index (κ3) is 2.97. The first kappa shape index (κ1) is 11.7. The molecule has 1 rings (SSSR count). The highest BCUT2D eigenvalue weighted by Crippen LogP contribution is 1.96. The van der Waals surface area contributed by atoms with Crippen molar-refractivity contribution in [3.05, 3.63) is 0 Å². The maximum Gasteiger partial charge on any atom is 0.324 e. The Morgan fingerprint density at radius 1 is 1.67 bits per heavy atom. The molecule has 0 aromatic rings. The number of rotatable bonds is 1. The number of halogens is 1. The third-order valence-electron chi connectivity index (χ3n) is 1.86. The van der Waals surface area contributed by atoms with Gasteiger partial charge in [-0.3, -0.25) is 4.79 Å². The van der Waals surface area contributed by atoms with Gasteiger partial charge in [-0.2, -0.15) is 0 Å². The van der Waals surface area contributed by atoms with Crippen molar-refractivity contribution in [2.24, 2.45) is 0 Å². The first-order valence-electron chi connectivity index (χ1n) is 3.74. The molecule has 1 N–H and O–H groups in total. The zero-order valence-electron chi connectivity index (χ0n) is 7.37. The molecule has 1 unspecified atom stereocenters. The van der Waals surface area contributed by atoms with Crippen LogP contribution < -0.4 is 5.32 Å². The van der Waals surface area contributed by atoms with Crippen LogP contribution in [-0.4, -0.2) is 50.7 Å². The first-order chi connectivity index (χ1) is 5.24. The number of carbonyl (C=O) groups excluding carboxylic acids is 1. The van der Waals surface area contributed by atoms with Gasteiger partial charge in [-0.1, -0.05) is 0 Å². The average Bonchev–Trinajstić information content (AvgIpc) is 2.03. The second-order valence-corrected chi connectivity index (χ2v) is 2.79. The fraction of sp³-hybridized carbons (Fsp3) is 0.857. The largest absolute Gasteiger partial charge is 0.468 e. The maximum atomic E-state index is 11.0. The van der Waals surface area contributed by atoms with Crippen LogP contribution in [0.25, 0.3) is 0 Å². The molecule has 1 heterocycles. The molecule has 4 nitrogen and oxygen atoms in total. The van der Waals surface area contributed by atoms with Crippen molar-refractivity contribution in [1.29, 1.82) is 0 Å². The van der Waals surface area contributed by atoms with Gasteiger partial charge in [0.15, 0.2) is 0 Å². The van der Waals surface area contributed by atoms with Gasteiger partial charge >= 0.3 is 5.97 Å². The Morgan fingerprint density at radius 3 is 2.83 bits per heavy atom. The van der Waals surface area contributed by atoms with Crippen molar-refractivity contribution in [2.75, 3.05) is 33.8 Å². The number of carbonyl (C=O) groups is 1. The van der Waals surface area contributed by atoms with Gasteiger partial charge in [-0.15, -0.1) is 12.4 Å². The smallest absolute Gasteiger partial charge is 0.324 e. The Balaban J connectivity index is 0.00000121. The molecule has 1 aliphatic rings. The molecule has 0 amide bonds. The summed E-state index contributed by atoms with van der Waals surface area (Å²) >= 11 is 0. The highest BCUT2D eigenvalue weighted by molar-refractivity contribution is 5.85. The zero-order chi connectivity index (χ0) is 8.27. The Morgan fingerprint density at radius 2 is 2.33 bits per heavy atom. The third-order valence-corrected chi connectivity index (χ3v) is 1.86. The number of likely N-dealkylation sites (N-methyl/N-ethyl adjacent to an activating group) is 1. The molecule has 0 bridgehead atoms.